The highest BCUT2D eigenvalue weighted by Gasteiger charge is 2.38. The Hall–Kier alpha value is -4.24. The molecule has 15 heteroatoms. The molecule has 1 aromatic carbocycles. The Morgan fingerprint density at radius 3 is 2.56 bits per heavy atom. The van der Waals surface area contributed by atoms with E-state index in [1.807, 2.05) is 31.2 Å². The lowest BCUT2D eigenvalue weighted by Gasteiger charge is -2.19. The molecule has 0 spiro atoms. The second kappa shape index (κ2) is 13.5. The van der Waals surface area contributed by atoms with Gasteiger partial charge in [-0.3, -0.25) is 9.36 Å². The molecule has 1 aliphatic rings. The molecule has 1 amide bonds. The van der Waals surface area contributed by atoms with Crippen molar-refractivity contribution in [3.63, 3.8) is 0 Å². The van der Waals surface area contributed by atoms with E-state index in [1.165, 1.54) is 0 Å². The molecule has 0 bridgehead atoms. The van der Waals surface area contributed by atoms with Crippen molar-refractivity contribution in [2.24, 2.45) is 0 Å². The number of ether oxygens (including phenoxy) is 2. The van der Waals surface area contributed by atoms with E-state index in [0.29, 0.717) is 19.0 Å². The van der Waals surface area contributed by atoms with Crippen LogP contribution in [0.1, 0.15) is 29.4 Å². The third kappa shape index (κ3) is 8.93. The molecule has 0 saturated carbocycles. The topological polar surface area (TPSA) is 153 Å². The van der Waals surface area contributed by atoms with Crippen LogP contribution in [-0.2, 0) is 16.1 Å². The zero-order valence-electron chi connectivity index (χ0n) is 21.2. The number of alkyl halides is 3. The van der Waals surface area contributed by atoms with Gasteiger partial charge < -0.3 is 30.5 Å². The summed E-state index contributed by atoms with van der Waals surface area (Å²) in [5.41, 5.74) is 2.71. The number of carboxylic acids is 1. The van der Waals surface area contributed by atoms with Crippen LogP contribution in [0.2, 0.25) is 0 Å². The van der Waals surface area contributed by atoms with Gasteiger partial charge in [0.2, 0.25) is 18.6 Å². The fourth-order valence-electron chi connectivity index (χ4n) is 3.44. The maximum Gasteiger partial charge on any atom is 0.490 e. The van der Waals surface area contributed by atoms with E-state index in [2.05, 4.69) is 30.9 Å². The number of fused-ring (bicyclic) bond motifs is 1. The number of hydrogen-bond donors (Lipinski definition) is 4. The molecular formula is C24H28F3N7O5. The molecule has 3 heterocycles. The molecule has 1 unspecified atom stereocenters. The van der Waals surface area contributed by atoms with Gasteiger partial charge in [-0.15, -0.1) is 0 Å². The smallest absolute Gasteiger partial charge is 0.475 e. The summed E-state index contributed by atoms with van der Waals surface area (Å²) in [7, 11) is 1.63. The number of rotatable bonds is 10. The largest absolute Gasteiger partial charge is 0.490 e. The summed E-state index contributed by atoms with van der Waals surface area (Å²) in [6, 6.07) is 7.58. The molecule has 0 radical (unpaired) electrons. The maximum atomic E-state index is 12.1. The van der Waals surface area contributed by atoms with Gasteiger partial charge in [-0.2, -0.15) is 13.2 Å². The number of imidazole rings is 1. The Balaban J connectivity index is 0.000000532. The molecule has 1 atom stereocenters. The van der Waals surface area contributed by atoms with Gasteiger partial charge in [0, 0.05) is 51.2 Å². The monoisotopic (exact) mass is 551 g/mol. The predicted octanol–water partition coefficient (Wildman–Crippen LogP) is 1.89. The molecule has 12 nitrogen and oxygen atoms in total. The highest BCUT2D eigenvalue weighted by atomic mass is 19.4. The second-order valence-corrected chi connectivity index (χ2v) is 8.26. The van der Waals surface area contributed by atoms with Crippen LogP contribution in [0.4, 0.5) is 13.2 Å². The number of halogens is 3. The van der Waals surface area contributed by atoms with Crippen LogP contribution >= 0.6 is 0 Å². The summed E-state index contributed by atoms with van der Waals surface area (Å²) in [4.78, 5) is 34.2. The average molecular weight is 552 g/mol. The number of carbonyl (C=O) groups excluding carboxylic acids is 1. The highest BCUT2D eigenvalue weighted by molar-refractivity contribution is 5.76. The van der Waals surface area contributed by atoms with Gasteiger partial charge in [0.1, 0.15) is 6.33 Å². The zero-order chi connectivity index (χ0) is 28.4. The summed E-state index contributed by atoms with van der Waals surface area (Å²) >= 11 is 0. The number of hydrogen-bond acceptors (Lipinski definition) is 9. The zero-order valence-corrected chi connectivity index (χ0v) is 21.2. The van der Waals surface area contributed by atoms with Crippen LogP contribution < -0.4 is 25.4 Å². The Morgan fingerprint density at radius 2 is 1.90 bits per heavy atom. The first kappa shape index (κ1) is 29.3. The SMILES string of the molecule is CNC(=O)CC(NCCNCc1ccc2c(c1)OCO2)c1cc(C)nc(-n2ccnc2)n1.O=C(O)C(F)(F)F. The highest BCUT2D eigenvalue weighted by Crippen LogP contribution is 2.32. The fourth-order valence-corrected chi connectivity index (χ4v) is 3.44. The maximum absolute atomic E-state index is 12.1. The third-order valence-corrected chi connectivity index (χ3v) is 5.32. The van der Waals surface area contributed by atoms with Gasteiger partial charge in [-0.1, -0.05) is 6.07 Å². The number of amides is 1. The molecule has 0 fully saturated rings. The normalized spacial score (nSPS) is 12.8. The van der Waals surface area contributed by atoms with E-state index in [-0.39, 0.29) is 25.2 Å². The molecule has 2 aromatic heterocycles. The van der Waals surface area contributed by atoms with Crippen LogP contribution in [0.25, 0.3) is 5.95 Å². The quantitative estimate of drug-likeness (QED) is 0.275. The van der Waals surface area contributed by atoms with E-state index in [1.54, 1.807) is 30.3 Å². The molecule has 0 saturated heterocycles. The van der Waals surface area contributed by atoms with Gasteiger partial charge in [0.15, 0.2) is 11.5 Å². The molecular weight excluding hydrogens is 523 g/mol. The van der Waals surface area contributed by atoms with Gasteiger partial charge >= 0.3 is 12.1 Å². The number of nitrogens with one attached hydrogen (secondary N) is 3. The van der Waals surface area contributed by atoms with Gasteiger partial charge in [-0.25, -0.2) is 19.7 Å². The van der Waals surface area contributed by atoms with Crippen LogP contribution in [0, 0.1) is 6.92 Å². The first-order valence-electron chi connectivity index (χ1n) is 11.7. The lowest BCUT2D eigenvalue weighted by atomic mass is 10.1. The first-order chi connectivity index (χ1) is 18.6. The second-order valence-electron chi connectivity index (χ2n) is 8.26. The van der Waals surface area contributed by atoms with Gasteiger partial charge in [0.25, 0.3) is 0 Å². The molecule has 0 aliphatic carbocycles. The summed E-state index contributed by atoms with van der Waals surface area (Å²) < 4.78 is 44.3. The van der Waals surface area contributed by atoms with E-state index in [9.17, 15) is 18.0 Å². The minimum atomic E-state index is -5.08. The Bertz CT molecular complexity index is 1260. The summed E-state index contributed by atoms with van der Waals surface area (Å²) in [6.07, 6.45) is 0.315. The Morgan fingerprint density at radius 1 is 1.15 bits per heavy atom. The summed E-state index contributed by atoms with van der Waals surface area (Å²) in [5, 5.41) is 16.7. The molecule has 1 aliphatic heterocycles. The Kier molecular flexibility index (Phi) is 10.2. The van der Waals surface area contributed by atoms with Crippen LogP contribution in [0.5, 0.6) is 11.5 Å². The number of aromatic nitrogens is 4. The van der Waals surface area contributed by atoms with E-state index in [4.69, 9.17) is 19.4 Å². The first-order valence-corrected chi connectivity index (χ1v) is 11.7. The number of aryl methyl sites for hydroxylation is 1. The number of benzene rings is 1. The van der Waals surface area contributed by atoms with Crippen molar-refractivity contribution in [1.29, 1.82) is 0 Å². The van der Waals surface area contributed by atoms with Crippen molar-refractivity contribution in [2.45, 2.75) is 32.1 Å². The third-order valence-electron chi connectivity index (χ3n) is 5.32. The minimum Gasteiger partial charge on any atom is -0.475 e. The van der Waals surface area contributed by atoms with Crippen molar-refractivity contribution in [3.8, 4) is 17.4 Å². The van der Waals surface area contributed by atoms with E-state index in [0.717, 1.165) is 35.0 Å². The summed E-state index contributed by atoms with van der Waals surface area (Å²) in [5.74, 6) is -0.727. The molecule has 3 aromatic rings. The van der Waals surface area contributed by atoms with Crippen LogP contribution in [0.3, 0.4) is 0 Å². The van der Waals surface area contributed by atoms with Gasteiger partial charge in [-0.05, 0) is 30.7 Å². The van der Waals surface area contributed by atoms with Crippen molar-refractivity contribution in [3.05, 3.63) is 59.9 Å². The lowest BCUT2D eigenvalue weighted by molar-refractivity contribution is -0.192. The number of aliphatic carboxylic acids is 1. The van der Waals surface area contributed by atoms with Crippen molar-refractivity contribution < 1.29 is 37.3 Å². The number of carbonyl (C=O) groups is 2. The fraction of sp³-hybridized carbons (Fsp3) is 0.375. The average Bonchev–Trinajstić information content (AvgIpc) is 3.59. The van der Waals surface area contributed by atoms with Crippen molar-refractivity contribution in [1.82, 2.24) is 35.5 Å². The van der Waals surface area contributed by atoms with Crippen molar-refractivity contribution in [2.75, 3.05) is 26.9 Å². The summed E-state index contributed by atoms with van der Waals surface area (Å²) in [6.45, 7) is 4.27. The van der Waals surface area contributed by atoms with E-state index < -0.39 is 12.1 Å². The number of nitrogens with zero attached hydrogens (tertiary/aromatic N) is 4. The van der Waals surface area contributed by atoms with E-state index >= 15 is 0 Å². The minimum absolute atomic E-state index is 0.0590. The van der Waals surface area contributed by atoms with Crippen LogP contribution in [-0.4, -0.2) is 69.6 Å². The van der Waals surface area contributed by atoms with Crippen LogP contribution in [0.15, 0.2) is 43.0 Å². The molecule has 39 heavy (non-hydrogen) atoms. The lowest BCUT2D eigenvalue weighted by Crippen LogP contribution is -2.34. The number of carboxylic acid groups (broad SMARTS) is 1. The van der Waals surface area contributed by atoms with Crippen molar-refractivity contribution >= 4 is 11.9 Å². The molecule has 4 rings (SSSR count). The molecule has 210 valence electrons. The Labute approximate surface area is 221 Å². The predicted molar refractivity (Wildman–Crippen MR) is 131 cm³/mol. The standard InChI is InChI=1S/C22H27N7O3.C2HF3O2/c1-15-9-18(28-22(27-15)29-8-7-25-13-29)17(11-21(30)23-2)26-6-5-24-12-16-3-4-19-20(10-16)32-14-31-19;3-2(4,5)1(6)7/h3-4,7-10,13,17,24,26H,5-6,11-12,14H2,1-2H3,(H,23,30);(H,6,7). The molecule has 4 N–H and O–H groups in total. The van der Waals surface area contributed by atoms with Gasteiger partial charge in [0.05, 0.1) is 11.7 Å².